The van der Waals surface area contributed by atoms with E-state index in [1.165, 1.54) is 11.3 Å². The minimum Gasteiger partial charge on any atom is -0.482 e. The zero-order valence-corrected chi connectivity index (χ0v) is 15.1. The molecule has 0 aliphatic heterocycles. The number of carbonyl (C=O) groups is 2. The minimum atomic E-state index is -1.04. The predicted molar refractivity (Wildman–Crippen MR) is 104 cm³/mol. The van der Waals surface area contributed by atoms with Gasteiger partial charge in [-0.1, -0.05) is 24.3 Å². The number of aliphatic carboxylic acids is 2. The van der Waals surface area contributed by atoms with Crippen LogP contribution in [-0.4, -0.2) is 33.7 Å². The van der Waals surface area contributed by atoms with Gasteiger partial charge in [-0.15, -0.1) is 11.3 Å². The summed E-state index contributed by atoms with van der Waals surface area (Å²) < 4.78 is 6.17. The highest BCUT2D eigenvalue weighted by molar-refractivity contribution is 7.19. The molecule has 0 unspecified atom stereocenters. The summed E-state index contributed by atoms with van der Waals surface area (Å²) in [7, 11) is 0. The lowest BCUT2D eigenvalue weighted by atomic mass is 10.1. The Balaban J connectivity index is 1.87. The molecule has 138 valence electrons. The van der Waals surface area contributed by atoms with Crippen molar-refractivity contribution < 1.29 is 24.5 Å². The number of carboxylic acid groups (broad SMARTS) is 2. The Bertz CT molecular complexity index is 958. The van der Waals surface area contributed by atoms with Gasteiger partial charge in [0.1, 0.15) is 10.8 Å². The van der Waals surface area contributed by atoms with Crippen LogP contribution in [0.1, 0.15) is 23.4 Å². The van der Waals surface area contributed by atoms with Crippen molar-refractivity contribution in [1.82, 2.24) is 4.98 Å². The van der Waals surface area contributed by atoms with Crippen LogP contribution in [0, 0.1) is 0 Å². The van der Waals surface area contributed by atoms with E-state index in [1.807, 2.05) is 30.3 Å². The molecule has 1 heterocycles. The highest BCUT2D eigenvalue weighted by atomic mass is 32.1. The van der Waals surface area contributed by atoms with Gasteiger partial charge in [0.25, 0.3) is 0 Å². The fraction of sp³-hybridized carbons (Fsp3) is 0.150. The second-order valence-corrected chi connectivity index (χ2v) is 6.83. The molecule has 2 N–H and O–H groups in total. The van der Waals surface area contributed by atoms with Gasteiger partial charge in [0, 0.05) is 6.42 Å². The number of carboxylic acids is 2. The second kappa shape index (κ2) is 8.46. The van der Waals surface area contributed by atoms with Crippen molar-refractivity contribution in [2.75, 3.05) is 6.61 Å². The molecule has 3 rings (SSSR count). The van der Waals surface area contributed by atoms with Crippen LogP contribution in [0.15, 0.2) is 48.5 Å². The third-order valence-electron chi connectivity index (χ3n) is 3.76. The minimum absolute atomic E-state index is 0.0154. The number of allylic oxidation sites excluding steroid dienone is 1. The Kier molecular flexibility index (Phi) is 5.83. The molecule has 0 atom stereocenters. The van der Waals surface area contributed by atoms with Gasteiger partial charge in [0.05, 0.1) is 10.2 Å². The summed E-state index contributed by atoms with van der Waals surface area (Å²) >= 11 is 1.53. The number of fused-ring (bicyclic) bond motifs is 1. The molecule has 0 spiro atoms. The Morgan fingerprint density at radius 2 is 1.74 bits per heavy atom. The Hall–Kier alpha value is -3.19. The SMILES string of the molecule is O=C(O)CC/C(=C/c1ccc(OCC(=O)O)cc1)c1nc2ccccc2s1. The van der Waals surface area contributed by atoms with E-state index >= 15 is 0 Å². The van der Waals surface area contributed by atoms with Gasteiger partial charge < -0.3 is 14.9 Å². The van der Waals surface area contributed by atoms with Crippen molar-refractivity contribution in [2.45, 2.75) is 12.8 Å². The number of hydrogen-bond donors (Lipinski definition) is 2. The van der Waals surface area contributed by atoms with Crippen molar-refractivity contribution in [2.24, 2.45) is 0 Å². The van der Waals surface area contributed by atoms with Crippen LogP contribution in [0.25, 0.3) is 21.9 Å². The first-order chi connectivity index (χ1) is 13.0. The molecule has 27 heavy (non-hydrogen) atoms. The molecule has 3 aromatic rings. The predicted octanol–water partition coefficient (Wildman–Crippen LogP) is 4.17. The maximum Gasteiger partial charge on any atom is 0.341 e. The van der Waals surface area contributed by atoms with E-state index in [1.54, 1.807) is 24.3 Å². The van der Waals surface area contributed by atoms with Crippen molar-refractivity contribution in [1.29, 1.82) is 0 Å². The molecule has 2 aromatic carbocycles. The number of nitrogens with zero attached hydrogens (tertiary/aromatic N) is 1. The summed E-state index contributed by atoms with van der Waals surface area (Å²) in [6.45, 7) is -0.398. The van der Waals surface area contributed by atoms with E-state index in [9.17, 15) is 9.59 Å². The van der Waals surface area contributed by atoms with Gasteiger partial charge in [-0.3, -0.25) is 4.79 Å². The molecular weight excluding hydrogens is 366 g/mol. The number of hydrogen-bond acceptors (Lipinski definition) is 5. The zero-order chi connectivity index (χ0) is 19.2. The number of benzene rings is 2. The molecule has 0 amide bonds. The fourth-order valence-electron chi connectivity index (χ4n) is 2.50. The summed E-state index contributed by atoms with van der Waals surface area (Å²) in [6, 6.07) is 14.7. The molecule has 7 heteroatoms. The lowest BCUT2D eigenvalue weighted by molar-refractivity contribution is -0.139. The molecule has 0 fully saturated rings. The third kappa shape index (κ3) is 5.15. The molecule has 0 radical (unpaired) electrons. The summed E-state index contributed by atoms with van der Waals surface area (Å²) in [6.07, 6.45) is 2.29. The Morgan fingerprint density at radius 3 is 2.41 bits per heavy atom. The van der Waals surface area contributed by atoms with E-state index in [-0.39, 0.29) is 6.42 Å². The maximum atomic E-state index is 11.0. The molecule has 0 bridgehead atoms. The standard InChI is InChI=1S/C20H17NO5S/c22-18(23)10-7-14(20-21-16-3-1-2-4-17(16)27-20)11-13-5-8-15(9-6-13)26-12-19(24)25/h1-6,8-9,11H,7,10,12H2,(H,22,23)(H,24,25)/b14-11-. The highest BCUT2D eigenvalue weighted by Gasteiger charge is 2.11. The van der Waals surface area contributed by atoms with Gasteiger partial charge >= 0.3 is 11.9 Å². The van der Waals surface area contributed by atoms with Crippen LogP contribution >= 0.6 is 11.3 Å². The van der Waals surface area contributed by atoms with Crippen molar-refractivity contribution in [3.05, 3.63) is 59.1 Å². The Morgan fingerprint density at radius 1 is 1.00 bits per heavy atom. The summed E-state index contributed by atoms with van der Waals surface area (Å²) in [5.74, 6) is -1.44. The smallest absolute Gasteiger partial charge is 0.341 e. The number of thiazole rings is 1. The number of rotatable bonds is 8. The van der Waals surface area contributed by atoms with Crippen LogP contribution in [0.4, 0.5) is 0 Å². The van der Waals surface area contributed by atoms with E-state index in [0.29, 0.717) is 12.2 Å². The average molecular weight is 383 g/mol. The maximum absolute atomic E-state index is 11.0. The quantitative estimate of drug-likeness (QED) is 0.606. The summed E-state index contributed by atoms with van der Waals surface area (Å²) in [4.78, 5) is 26.2. The van der Waals surface area contributed by atoms with Gasteiger partial charge in [0.2, 0.25) is 0 Å². The number of ether oxygens (including phenoxy) is 1. The normalized spacial score (nSPS) is 11.5. The highest BCUT2D eigenvalue weighted by Crippen LogP contribution is 2.31. The molecule has 6 nitrogen and oxygen atoms in total. The third-order valence-corrected chi connectivity index (χ3v) is 4.87. The monoisotopic (exact) mass is 383 g/mol. The van der Waals surface area contributed by atoms with E-state index in [4.69, 9.17) is 14.9 Å². The second-order valence-electron chi connectivity index (χ2n) is 5.80. The Labute approximate surface area is 159 Å². The molecular formula is C20H17NO5S. The number of para-hydroxylation sites is 1. The summed E-state index contributed by atoms with van der Waals surface area (Å²) in [5, 5.41) is 18.5. The van der Waals surface area contributed by atoms with Crippen molar-refractivity contribution in [3.63, 3.8) is 0 Å². The average Bonchev–Trinajstić information content (AvgIpc) is 3.08. The van der Waals surface area contributed by atoms with Crippen LogP contribution in [0.2, 0.25) is 0 Å². The van der Waals surface area contributed by atoms with Crippen molar-refractivity contribution >= 4 is 45.1 Å². The first kappa shape index (κ1) is 18.6. The van der Waals surface area contributed by atoms with Crippen LogP contribution in [-0.2, 0) is 9.59 Å². The van der Waals surface area contributed by atoms with E-state index in [2.05, 4.69) is 4.98 Å². The first-order valence-electron chi connectivity index (χ1n) is 8.24. The lowest BCUT2D eigenvalue weighted by Gasteiger charge is -2.05. The number of aromatic nitrogens is 1. The first-order valence-corrected chi connectivity index (χ1v) is 9.06. The fourth-order valence-corrected chi connectivity index (χ4v) is 3.51. The molecule has 0 aliphatic carbocycles. The molecule has 0 saturated heterocycles. The van der Waals surface area contributed by atoms with E-state index < -0.39 is 18.5 Å². The van der Waals surface area contributed by atoms with Gasteiger partial charge in [-0.2, -0.15) is 0 Å². The molecule has 1 aromatic heterocycles. The summed E-state index contributed by atoms with van der Waals surface area (Å²) in [5.41, 5.74) is 2.59. The van der Waals surface area contributed by atoms with Gasteiger partial charge in [-0.25, -0.2) is 9.78 Å². The van der Waals surface area contributed by atoms with Gasteiger partial charge in [-0.05, 0) is 47.9 Å². The molecule has 0 aliphatic rings. The zero-order valence-electron chi connectivity index (χ0n) is 14.3. The topological polar surface area (TPSA) is 96.7 Å². The largest absolute Gasteiger partial charge is 0.482 e. The molecule has 0 saturated carbocycles. The van der Waals surface area contributed by atoms with Crippen LogP contribution in [0.5, 0.6) is 5.75 Å². The van der Waals surface area contributed by atoms with Gasteiger partial charge in [0.15, 0.2) is 6.61 Å². The lowest BCUT2D eigenvalue weighted by Crippen LogP contribution is -2.09. The van der Waals surface area contributed by atoms with E-state index in [0.717, 1.165) is 26.4 Å². The van der Waals surface area contributed by atoms with Crippen LogP contribution < -0.4 is 4.74 Å². The van der Waals surface area contributed by atoms with Crippen LogP contribution in [0.3, 0.4) is 0 Å². The van der Waals surface area contributed by atoms with Crippen molar-refractivity contribution in [3.8, 4) is 5.75 Å².